The Kier molecular flexibility index (Phi) is 7.08. The van der Waals surface area contributed by atoms with E-state index < -0.39 is 9.84 Å². The molecule has 0 aliphatic carbocycles. The first-order valence-electron chi connectivity index (χ1n) is 4.50. The number of aliphatic hydroxyl groups is 1. The molecule has 0 aromatic rings. The van der Waals surface area contributed by atoms with Crippen molar-refractivity contribution in [3.05, 3.63) is 0 Å². The van der Waals surface area contributed by atoms with Gasteiger partial charge in [0.05, 0.1) is 12.4 Å². The van der Waals surface area contributed by atoms with Crippen molar-refractivity contribution >= 4 is 9.84 Å². The number of aliphatic hydroxyl groups excluding tert-OH is 1. The third-order valence-corrected chi connectivity index (χ3v) is 2.70. The second-order valence-corrected chi connectivity index (χ2v) is 5.51. The molecule has 1 atom stereocenters. The zero-order chi connectivity index (χ0) is 11.0. The molecule has 1 unspecified atom stereocenters. The van der Waals surface area contributed by atoms with Crippen molar-refractivity contribution in [1.82, 2.24) is 5.32 Å². The van der Waals surface area contributed by atoms with Gasteiger partial charge in [-0.05, 0) is 6.42 Å². The van der Waals surface area contributed by atoms with Crippen LogP contribution in [0.25, 0.3) is 0 Å². The Balaban J connectivity index is 3.70. The van der Waals surface area contributed by atoms with E-state index in [-0.39, 0.29) is 18.4 Å². The molecule has 86 valence electrons. The van der Waals surface area contributed by atoms with E-state index in [1.54, 1.807) is 7.11 Å². The largest absolute Gasteiger partial charge is 0.396 e. The van der Waals surface area contributed by atoms with Gasteiger partial charge in [0.2, 0.25) is 0 Å². The molecule has 0 spiro atoms. The normalized spacial score (nSPS) is 14.2. The molecular formula is C8H19NO4S. The van der Waals surface area contributed by atoms with Crippen molar-refractivity contribution in [2.45, 2.75) is 12.5 Å². The molecule has 0 fully saturated rings. The van der Waals surface area contributed by atoms with Crippen LogP contribution in [-0.4, -0.2) is 58.4 Å². The number of nitrogens with one attached hydrogen (secondary N) is 1. The van der Waals surface area contributed by atoms with E-state index in [0.29, 0.717) is 19.6 Å². The summed E-state index contributed by atoms with van der Waals surface area (Å²) >= 11 is 0. The van der Waals surface area contributed by atoms with Crippen molar-refractivity contribution in [2.75, 3.05) is 38.9 Å². The fourth-order valence-electron chi connectivity index (χ4n) is 1.05. The maximum Gasteiger partial charge on any atom is 0.148 e. The molecule has 0 aliphatic heterocycles. The Bertz CT molecular complexity index is 221. The number of sulfone groups is 1. The molecule has 0 aromatic carbocycles. The van der Waals surface area contributed by atoms with Crippen LogP contribution in [0.2, 0.25) is 0 Å². The van der Waals surface area contributed by atoms with Gasteiger partial charge in [0.1, 0.15) is 9.84 Å². The molecule has 0 amide bonds. The van der Waals surface area contributed by atoms with Crippen molar-refractivity contribution in [3.63, 3.8) is 0 Å². The SMILES string of the molecule is COCC(CCO)NCCS(C)(=O)=O. The topological polar surface area (TPSA) is 75.6 Å². The van der Waals surface area contributed by atoms with Gasteiger partial charge in [-0.2, -0.15) is 0 Å². The quantitative estimate of drug-likeness (QED) is 0.555. The average Bonchev–Trinajstić information content (AvgIpc) is 2.02. The lowest BCUT2D eigenvalue weighted by Gasteiger charge is -2.16. The van der Waals surface area contributed by atoms with Crippen LogP contribution in [0.15, 0.2) is 0 Å². The summed E-state index contributed by atoms with van der Waals surface area (Å²) in [5.41, 5.74) is 0. The summed E-state index contributed by atoms with van der Waals surface area (Å²) in [6.07, 6.45) is 1.77. The molecule has 0 aromatic heterocycles. The Hall–Kier alpha value is -0.170. The molecule has 0 heterocycles. The minimum atomic E-state index is -2.92. The van der Waals surface area contributed by atoms with Gasteiger partial charge in [-0.15, -0.1) is 0 Å². The van der Waals surface area contributed by atoms with Gasteiger partial charge in [-0.3, -0.25) is 0 Å². The Morgan fingerprint density at radius 1 is 1.50 bits per heavy atom. The average molecular weight is 225 g/mol. The van der Waals surface area contributed by atoms with Crippen LogP contribution in [-0.2, 0) is 14.6 Å². The zero-order valence-corrected chi connectivity index (χ0v) is 9.51. The Labute approximate surface area is 85.4 Å². The van der Waals surface area contributed by atoms with Gasteiger partial charge in [0.15, 0.2) is 0 Å². The first-order valence-corrected chi connectivity index (χ1v) is 6.56. The van der Waals surface area contributed by atoms with Crippen molar-refractivity contribution in [1.29, 1.82) is 0 Å². The molecular weight excluding hydrogens is 206 g/mol. The maximum atomic E-state index is 10.8. The number of hydrogen-bond donors (Lipinski definition) is 2. The van der Waals surface area contributed by atoms with Crippen LogP contribution in [0.3, 0.4) is 0 Å². The van der Waals surface area contributed by atoms with Crippen LogP contribution >= 0.6 is 0 Å². The summed E-state index contributed by atoms with van der Waals surface area (Å²) in [4.78, 5) is 0. The molecule has 2 N–H and O–H groups in total. The minimum absolute atomic E-state index is 0.0201. The highest BCUT2D eigenvalue weighted by Crippen LogP contribution is 1.92. The summed E-state index contributed by atoms with van der Waals surface area (Å²) < 4.78 is 26.5. The first-order chi connectivity index (χ1) is 6.49. The van der Waals surface area contributed by atoms with Crippen LogP contribution in [0, 0.1) is 0 Å². The zero-order valence-electron chi connectivity index (χ0n) is 8.69. The molecule has 0 saturated heterocycles. The van der Waals surface area contributed by atoms with Crippen molar-refractivity contribution in [3.8, 4) is 0 Å². The lowest BCUT2D eigenvalue weighted by molar-refractivity contribution is 0.149. The minimum Gasteiger partial charge on any atom is -0.396 e. The fourth-order valence-corrected chi connectivity index (χ4v) is 1.54. The summed E-state index contributed by atoms with van der Waals surface area (Å²) in [6, 6.07) is 0.0201. The third kappa shape index (κ3) is 8.43. The lowest BCUT2D eigenvalue weighted by atomic mass is 10.2. The molecule has 0 radical (unpaired) electrons. The monoisotopic (exact) mass is 225 g/mol. The first kappa shape index (κ1) is 13.8. The van der Waals surface area contributed by atoms with Gasteiger partial charge < -0.3 is 15.2 Å². The predicted octanol–water partition coefficient (Wildman–Crippen LogP) is -0.982. The number of methoxy groups -OCH3 is 1. The van der Waals surface area contributed by atoms with Gasteiger partial charge in [-0.25, -0.2) is 8.42 Å². The number of rotatable bonds is 8. The van der Waals surface area contributed by atoms with Crippen LogP contribution < -0.4 is 5.32 Å². The molecule has 0 rings (SSSR count). The molecule has 0 bridgehead atoms. The summed E-state index contributed by atoms with van der Waals surface area (Å²) in [5.74, 6) is 0.110. The summed E-state index contributed by atoms with van der Waals surface area (Å²) in [7, 11) is -1.34. The second kappa shape index (κ2) is 7.17. The summed E-state index contributed by atoms with van der Waals surface area (Å²) in [5, 5.41) is 11.7. The van der Waals surface area contributed by atoms with Crippen molar-refractivity contribution < 1.29 is 18.3 Å². The Morgan fingerprint density at radius 2 is 2.14 bits per heavy atom. The Morgan fingerprint density at radius 3 is 2.57 bits per heavy atom. The van der Waals surface area contributed by atoms with Gasteiger partial charge in [0, 0.05) is 32.6 Å². The second-order valence-electron chi connectivity index (χ2n) is 3.25. The van der Waals surface area contributed by atoms with Crippen LogP contribution in [0.4, 0.5) is 0 Å². The van der Waals surface area contributed by atoms with Crippen LogP contribution in [0.5, 0.6) is 0 Å². The summed E-state index contributed by atoms with van der Waals surface area (Å²) in [6.45, 7) is 0.942. The van der Waals surface area contributed by atoms with Gasteiger partial charge >= 0.3 is 0 Å². The van der Waals surface area contributed by atoms with Gasteiger partial charge in [0.25, 0.3) is 0 Å². The van der Waals surface area contributed by atoms with E-state index >= 15 is 0 Å². The fraction of sp³-hybridized carbons (Fsp3) is 1.00. The maximum absolute atomic E-state index is 10.8. The molecule has 14 heavy (non-hydrogen) atoms. The standard InChI is InChI=1S/C8H19NO4S/c1-13-7-8(3-5-10)9-4-6-14(2,11)12/h8-10H,3-7H2,1-2H3. The molecule has 0 saturated carbocycles. The predicted molar refractivity (Wildman–Crippen MR) is 55.1 cm³/mol. The van der Waals surface area contributed by atoms with Crippen LogP contribution in [0.1, 0.15) is 6.42 Å². The smallest absolute Gasteiger partial charge is 0.148 e. The van der Waals surface area contributed by atoms with E-state index in [0.717, 1.165) is 0 Å². The highest BCUT2D eigenvalue weighted by molar-refractivity contribution is 7.90. The highest BCUT2D eigenvalue weighted by Gasteiger charge is 2.08. The van der Waals surface area contributed by atoms with Crippen molar-refractivity contribution in [2.24, 2.45) is 0 Å². The third-order valence-electron chi connectivity index (χ3n) is 1.75. The van der Waals surface area contributed by atoms with E-state index in [2.05, 4.69) is 5.32 Å². The van der Waals surface area contributed by atoms with E-state index in [1.807, 2.05) is 0 Å². The molecule has 5 nitrogen and oxygen atoms in total. The van der Waals surface area contributed by atoms with Gasteiger partial charge in [-0.1, -0.05) is 0 Å². The number of ether oxygens (including phenoxy) is 1. The highest BCUT2D eigenvalue weighted by atomic mass is 32.2. The van der Waals surface area contributed by atoms with E-state index in [9.17, 15) is 8.42 Å². The van der Waals surface area contributed by atoms with E-state index in [1.165, 1.54) is 6.26 Å². The number of hydrogen-bond acceptors (Lipinski definition) is 5. The molecule has 0 aliphatic rings. The van der Waals surface area contributed by atoms with E-state index in [4.69, 9.17) is 9.84 Å². The lowest BCUT2D eigenvalue weighted by Crippen LogP contribution is -2.37. The molecule has 6 heteroatoms.